The third-order valence-corrected chi connectivity index (χ3v) is 2.89. The largest absolute Gasteiger partial charge is 0.397 e. The molecule has 17 heavy (non-hydrogen) atoms. The summed E-state index contributed by atoms with van der Waals surface area (Å²) in [5.41, 5.74) is 12.6. The Kier molecular flexibility index (Phi) is 3.14. The van der Waals surface area contributed by atoms with E-state index in [1.165, 1.54) is 0 Å². The van der Waals surface area contributed by atoms with Crippen molar-refractivity contribution in [1.82, 2.24) is 4.98 Å². The molecular weight excluding hydrogens is 220 g/mol. The van der Waals surface area contributed by atoms with Crippen LogP contribution in [0.5, 0.6) is 0 Å². The van der Waals surface area contributed by atoms with Crippen molar-refractivity contribution in [1.29, 1.82) is 0 Å². The molecule has 1 fully saturated rings. The lowest BCUT2D eigenvalue weighted by atomic mass is 10.2. The highest BCUT2D eigenvalue weighted by atomic mass is 16.5. The predicted octanol–water partition coefficient (Wildman–Crippen LogP) is -0.337. The molecule has 1 unspecified atom stereocenters. The summed E-state index contributed by atoms with van der Waals surface area (Å²) in [6.07, 6.45) is 1.60. The number of amides is 1. The van der Waals surface area contributed by atoms with E-state index in [0.29, 0.717) is 31.3 Å². The van der Waals surface area contributed by atoms with E-state index in [9.17, 15) is 4.79 Å². The summed E-state index contributed by atoms with van der Waals surface area (Å²) in [7, 11) is 0. The number of pyridine rings is 1. The molecule has 1 amide bonds. The van der Waals surface area contributed by atoms with Crippen molar-refractivity contribution < 1.29 is 9.53 Å². The normalized spacial score (nSPS) is 20.3. The van der Waals surface area contributed by atoms with Crippen LogP contribution in [-0.2, 0) is 9.53 Å². The number of hydrogen-bond donors (Lipinski definition) is 2. The SMILES string of the molecule is Cc1cc(N2CCOCC2C(N)=O)ncc1N. The molecule has 0 aromatic carbocycles. The van der Waals surface area contributed by atoms with Crippen LogP contribution in [0.2, 0.25) is 0 Å². The summed E-state index contributed by atoms with van der Waals surface area (Å²) in [6, 6.07) is 1.40. The van der Waals surface area contributed by atoms with E-state index in [4.69, 9.17) is 16.2 Å². The van der Waals surface area contributed by atoms with Crippen LogP contribution < -0.4 is 16.4 Å². The van der Waals surface area contributed by atoms with Crippen LogP contribution >= 0.6 is 0 Å². The average molecular weight is 236 g/mol. The first-order chi connectivity index (χ1) is 8.09. The van der Waals surface area contributed by atoms with Crippen LogP contribution in [0.1, 0.15) is 5.56 Å². The molecule has 0 saturated carbocycles. The lowest BCUT2D eigenvalue weighted by Gasteiger charge is -2.34. The van der Waals surface area contributed by atoms with E-state index in [-0.39, 0.29) is 0 Å². The van der Waals surface area contributed by atoms with Crippen LogP contribution in [0.25, 0.3) is 0 Å². The molecule has 0 radical (unpaired) electrons. The zero-order valence-electron chi connectivity index (χ0n) is 9.72. The molecule has 0 aliphatic carbocycles. The van der Waals surface area contributed by atoms with Crippen LogP contribution in [0, 0.1) is 6.92 Å². The Morgan fingerprint density at radius 3 is 3.06 bits per heavy atom. The van der Waals surface area contributed by atoms with Crippen molar-refractivity contribution in [3.05, 3.63) is 17.8 Å². The number of carbonyl (C=O) groups is 1. The van der Waals surface area contributed by atoms with Gasteiger partial charge in [-0.1, -0.05) is 0 Å². The topological polar surface area (TPSA) is 94.5 Å². The fourth-order valence-corrected chi connectivity index (χ4v) is 1.82. The number of nitrogen functional groups attached to an aromatic ring is 1. The van der Waals surface area contributed by atoms with Gasteiger partial charge in [-0.3, -0.25) is 4.79 Å². The van der Waals surface area contributed by atoms with Crippen molar-refractivity contribution >= 4 is 17.4 Å². The number of nitrogens with two attached hydrogens (primary N) is 2. The monoisotopic (exact) mass is 236 g/mol. The van der Waals surface area contributed by atoms with Gasteiger partial charge < -0.3 is 21.1 Å². The molecule has 1 aromatic heterocycles. The molecule has 1 aliphatic heterocycles. The summed E-state index contributed by atoms with van der Waals surface area (Å²) in [5.74, 6) is 0.310. The fraction of sp³-hybridized carbons (Fsp3) is 0.455. The van der Waals surface area contributed by atoms with Crippen molar-refractivity contribution in [2.75, 3.05) is 30.4 Å². The molecular formula is C11H16N4O2. The number of carbonyl (C=O) groups excluding carboxylic acids is 1. The second kappa shape index (κ2) is 4.58. The van der Waals surface area contributed by atoms with E-state index in [0.717, 1.165) is 5.56 Å². The molecule has 6 nitrogen and oxygen atoms in total. The molecule has 0 bridgehead atoms. The van der Waals surface area contributed by atoms with Crippen molar-refractivity contribution in [3.8, 4) is 0 Å². The fourth-order valence-electron chi connectivity index (χ4n) is 1.82. The van der Waals surface area contributed by atoms with Gasteiger partial charge in [0.15, 0.2) is 0 Å². The highest BCUT2D eigenvalue weighted by molar-refractivity contribution is 5.83. The Bertz CT molecular complexity index is 435. The van der Waals surface area contributed by atoms with Crippen molar-refractivity contribution in [3.63, 3.8) is 0 Å². The highest BCUT2D eigenvalue weighted by Crippen LogP contribution is 2.20. The smallest absolute Gasteiger partial charge is 0.242 e. The number of aromatic nitrogens is 1. The van der Waals surface area contributed by atoms with Gasteiger partial charge in [0.05, 0.1) is 25.1 Å². The first-order valence-corrected chi connectivity index (χ1v) is 5.45. The second-order valence-corrected chi connectivity index (χ2v) is 4.09. The standard InChI is InChI=1S/C11H16N4O2/c1-7-4-10(14-5-8(7)12)15-2-3-17-6-9(15)11(13)16/h4-5,9H,2-3,6,12H2,1H3,(H2,13,16). The average Bonchev–Trinajstić information content (AvgIpc) is 2.32. The van der Waals surface area contributed by atoms with Crippen LogP contribution in [0.15, 0.2) is 12.3 Å². The maximum Gasteiger partial charge on any atom is 0.242 e. The van der Waals surface area contributed by atoms with Gasteiger partial charge in [0.25, 0.3) is 0 Å². The molecule has 1 aromatic rings. The zero-order chi connectivity index (χ0) is 12.4. The summed E-state index contributed by atoms with van der Waals surface area (Å²) < 4.78 is 5.25. The number of hydrogen-bond acceptors (Lipinski definition) is 5. The summed E-state index contributed by atoms with van der Waals surface area (Å²) in [5, 5.41) is 0. The lowest BCUT2D eigenvalue weighted by Crippen LogP contribution is -2.53. The van der Waals surface area contributed by atoms with Gasteiger partial charge in [0.2, 0.25) is 5.91 Å². The minimum atomic E-state index is -0.459. The number of morpholine rings is 1. The lowest BCUT2D eigenvalue weighted by molar-refractivity contribution is -0.121. The Labute approximate surface area is 99.5 Å². The molecule has 2 heterocycles. The van der Waals surface area contributed by atoms with Crippen molar-refractivity contribution in [2.24, 2.45) is 5.73 Å². The Hall–Kier alpha value is -1.82. The number of anilines is 2. The van der Waals surface area contributed by atoms with E-state index >= 15 is 0 Å². The van der Waals surface area contributed by atoms with Crippen LogP contribution in [0.3, 0.4) is 0 Å². The third kappa shape index (κ3) is 2.31. The molecule has 0 spiro atoms. The molecule has 1 saturated heterocycles. The van der Waals surface area contributed by atoms with E-state index in [1.54, 1.807) is 6.20 Å². The quantitative estimate of drug-likeness (QED) is 0.732. The number of nitrogens with zero attached hydrogens (tertiary/aromatic N) is 2. The van der Waals surface area contributed by atoms with Crippen molar-refractivity contribution in [2.45, 2.75) is 13.0 Å². The Morgan fingerprint density at radius 2 is 2.41 bits per heavy atom. The number of ether oxygens (including phenoxy) is 1. The van der Waals surface area contributed by atoms with Crippen LogP contribution in [-0.4, -0.2) is 36.7 Å². The second-order valence-electron chi connectivity index (χ2n) is 4.09. The summed E-state index contributed by atoms with van der Waals surface area (Å²) >= 11 is 0. The zero-order valence-corrected chi connectivity index (χ0v) is 9.72. The summed E-state index contributed by atoms with van der Waals surface area (Å²) in [6.45, 7) is 3.37. The van der Waals surface area contributed by atoms with E-state index < -0.39 is 11.9 Å². The molecule has 1 atom stereocenters. The van der Waals surface area contributed by atoms with Gasteiger partial charge in [-0.25, -0.2) is 4.98 Å². The first kappa shape index (κ1) is 11.7. The molecule has 1 aliphatic rings. The predicted molar refractivity (Wildman–Crippen MR) is 64.5 cm³/mol. The Morgan fingerprint density at radius 1 is 1.65 bits per heavy atom. The maximum absolute atomic E-state index is 11.3. The third-order valence-electron chi connectivity index (χ3n) is 2.89. The minimum Gasteiger partial charge on any atom is -0.397 e. The number of rotatable bonds is 2. The van der Waals surface area contributed by atoms with Gasteiger partial charge in [0.1, 0.15) is 11.9 Å². The van der Waals surface area contributed by atoms with Gasteiger partial charge in [-0.2, -0.15) is 0 Å². The van der Waals surface area contributed by atoms with Gasteiger partial charge in [0, 0.05) is 6.54 Å². The minimum absolute atomic E-state index is 0.306. The van der Waals surface area contributed by atoms with Crippen LogP contribution in [0.4, 0.5) is 11.5 Å². The molecule has 2 rings (SSSR count). The number of primary amides is 1. The number of aryl methyl sites for hydroxylation is 1. The highest BCUT2D eigenvalue weighted by Gasteiger charge is 2.28. The van der Waals surface area contributed by atoms with Gasteiger partial charge >= 0.3 is 0 Å². The maximum atomic E-state index is 11.3. The van der Waals surface area contributed by atoms with Gasteiger partial charge in [-0.05, 0) is 18.6 Å². The van der Waals surface area contributed by atoms with E-state index in [1.807, 2.05) is 17.9 Å². The molecule has 92 valence electrons. The summed E-state index contributed by atoms with van der Waals surface area (Å²) in [4.78, 5) is 17.4. The Balaban J connectivity index is 2.29. The van der Waals surface area contributed by atoms with Gasteiger partial charge in [-0.15, -0.1) is 0 Å². The first-order valence-electron chi connectivity index (χ1n) is 5.45. The van der Waals surface area contributed by atoms with E-state index in [2.05, 4.69) is 4.98 Å². The molecule has 4 N–H and O–H groups in total. The molecule has 6 heteroatoms.